The lowest BCUT2D eigenvalue weighted by molar-refractivity contribution is 0.0937. The van der Waals surface area contributed by atoms with Gasteiger partial charge in [0.1, 0.15) is 5.56 Å². The van der Waals surface area contributed by atoms with Crippen molar-refractivity contribution < 1.29 is 14.3 Å². The summed E-state index contributed by atoms with van der Waals surface area (Å²) in [4.78, 5) is 17.2. The van der Waals surface area contributed by atoms with E-state index in [1.165, 1.54) is 19.8 Å². The Balaban J connectivity index is 1.76. The molecule has 2 heterocycles. The fraction of sp³-hybridized carbons (Fsp3) is 0.500. The Morgan fingerprint density at radius 1 is 1.29 bits per heavy atom. The van der Waals surface area contributed by atoms with Crippen LogP contribution >= 0.6 is 0 Å². The normalized spacial score (nSPS) is 22.7. The molecule has 126 valence electrons. The Morgan fingerprint density at radius 3 is 2.71 bits per heavy atom. The van der Waals surface area contributed by atoms with E-state index in [2.05, 4.69) is 23.9 Å². The molecule has 2 aromatic rings. The molecule has 0 N–H and O–H groups in total. The van der Waals surface area contributed by atoms with Crippen molar-refractivity contribution in [2.75, 3.05) is 14.2 Å². The topological polar surface area (TPSA) is 66.2 Å². The van der Waals surface area contributed by atoms with Gasteiger partial charge in [-0.05, 0) is 36.7 Å². The molecule has 0 amide bonds. The molecule has 6 heteroatoms. The highest BCUT2D eigenvalue weighted by molar-refractivity contribution is 5.98. The lowest BCUT2D eigenvalue weighted by atomic mass is 9.98. The molecule has 4 rings (SSSR count). The van der Waals surface area contributed by atoms with Gasteiger partial charge in [0, 0.05) is 11.6 Å². The number of fused-ring (bicyclic) bond motifs is 3. The third kappa shape index (κ3) is 1.85. The molecule has 2 aliphatic rings. The molecular weight excluding hydrogens is 306 g/mol. The van der Waals surface area contributed by atoms with Crippen LogP contribution < -0.4 is 9.47 Å². The van der Waals surface area contributed by atoms with E-state index in [9.17, 15) is 4.79 Å². The second-order valence-electron chi connectivity index (χ2n) is 7.18. The number of carbonyl (C=O) groups is 1. The molecule has 0 saturated heterocycles. The van der Waals surface area contributed by atoms with Crippen molar-refractivity contribution in [1.82, 2.24) is 14.8 Å². The molecule has 0 unspecified atom stereocenters. The van der Waals surface area contributed by atoms with Crippen LogP contribution in [0.2, 0.25) is 0 Å². The number of hydrogen-bond donors (Lipinski definition) is 0. The van der Waals surface area contributed by atoms with Gasteiger partial charge in [-0.15, -0.1) is 0 Å². The van der Waals surface area contributed by atoms with Gasteiger partial charge in [0.2, 0.25) is 11.8 Å². The summed E-state index contributed by atoms with van der Waals surface area (Å²) < 4.78 is 11.9. The number of pyridine rings is 1. The molecule has 2 aliphatic carbocycles. The van der Waals surface area contributed by atoms with Crippen LogP contribution in [-0.4, -0.2) is 34.9 Å². The third-order valence-electron chi connectivity index (χ3n) is 5.64. The lowest BCUT2D eigenvalue weighted by Gasteiger charge is -2.12. The van der Waals surface area contributed by atoms with Crippen LogP contribution in [0.25, 0.3) is 0 Å². The fourth-order valence-electron chi connectivity index (χ4n) is 4.23. The van der Waals surface area contributed by atoms with E-state index >= 15 is 0 Å². The Labute approximate surface area is 140 Å². The molecule has 1 fully saturated rings. The minimum Gasteiger partial charge on any atom is -0.481 e. The highest BCUT2D eigenvalue weighted by Crippen LogP contribution is 2.70. The molecule has 2 aromatic heterocycles. The first-order valence-electron chi connectivity index (χ1n) is 8.12. The first-order chi connectivity index (χ1) is 11.4. The molecule has 2 atom stereocenters. The minimum atomic E-state index is -0.203. The summed E-state index contributed by atoms with van der Waals surface area (Å²) in [6.45, 7) is 6.57. The average Bonchev–Trinajstić information content (AvgIpc) is 2.93. The summed E-state index contributed by atoms with van der Waals surface area (Å²) in [5.41, 5.74) is 3.98. The van der Waals surface area contributed by atoms with E-state index in [1.807, 2.05) is 6.92 Å². The summed E-state index contributed by atoms with van der Waals surface area (Å²) in [7, 11) is 3.02. The second kappa shape index (κ2) is 4.82. The fourth-order valence-corrected chi connectivity index (χ4v) is 4.23. The standard InChI is InChI=1S/C18H21N3O3/c1-9-14-12(8-11-15(14)18(11,2)3)21(20-9)17(22)10-6-7-13(23-4)19-16(10)24-5/h6-7,11,15H,8H2,1-5H3/t11-,15-/m1/s1. The van der Waals surface area contributed by atoms with E-state index in [-0.39, 0.29) is 11.8 Å². The van der Waals surface area contributed by atoms with Gasteiger partial charge in [0.15, 0.2) is 0 Å². The molecule has 1 saturated carbocycles. The molecule has 0 bridgehead atoms. The number of rotatable bonds is 3. The Hall–Kier alpha value is -2.37. The zero-order chi connectivity index (χ0) is 17.2. The van der Waals surface area contributed by atoms with Crippen LogP contribution in [0.4, 0.5) is 0 Å². The molecular formula is C18H21N3O3. The Bertz CT molecular complexity index is 853. The van der Waals surface area contributed by atoms with Gasteiger partial charge in [-0.25, -0.2) is 4.68 Å². The van der Waals surface area contributed by atoms with Gasteiger partial charge in [-0.1, -0.05) is 13.8 Å². The van der Waals surface area contributed by atoms with Crippen molar-refractivity contribution in [3.8, 4) is 11.8 Å². The van der Waals surface area contributed by atoms with Gasteiger partial charge in [-0.2, -0.15) is 10.1 Å². The number of ether oxygens (including phenoxy) is 2. The van der Waals surface area contributed by atoms with Crippen LogP contribution in [0.1, 0.15) is 47.1 Å². The Kier molecular flexibility index (Phi) is 3.04. The van der Waals surface area contributed by atoms with Gasteiger partial charge in [0.25, 0.3) is 5.91 Å². The van der Waals surface area contributed by atoms with Crippen LogP contribution in [0, 0.1) is 18.3 Å². The van der Waals surface area contributed by atoms with Gasteiger partial charge < -0.3 is 9.47 Å². The molecule has 6 nitrogen and oxygen atoms in total. The summed E-state index contributed by atoms with van der Waals surface area (Å²) in [6, 6.07) is 3.34. The number of hydrogen-bond acceptors (Lipinski definition) is 5. The van der Waals surface area contributed by atoms with Crippen molar-refractivity contribution in [2.45, 2.75) is 33.1 Å². The van der Waals surface area contributed by atoms with Crippen LogP contribution in [0.3, 0.4) is 0 Å². The monoisotopic (exact) mass is 327 g/mol. The zero-order valence-corrected chi connectivity index (χ0v) is 14.6. The predicted molar refractivity (Wildman–Crippen MR) is 87.7 cm³/mol. The SMILES string of the molecule is COc1ccc(C(=O)n2nc(C)c3c2C[C@@H]2[C@H]3C2(C)C)c(OC)n1. The molecule has 0 radical (unpaired) electrons. The quantitative estimate of drug-likeness (QED) is 0.867. The molecule has 0 aliphatic heterocycles. The van der Waals surface area contributed by atoms with Gasteiger partial charge in [0.05, 0.1) is 25.6 Å². The van der Waals surface area contributed by atoms with Crippen LogP contribution in [-0.2, 0) is 6.42 Å². The molecule has 0 spiro atoms. The van der Waals surface area contributed by atoms with Crippen molar-refractivity contribution in [1.29, 1.82) is 0 Å². The zero-order valence-electron chi connectivity index (χ0n) is 14.6. The van der Waals surface area contributed by atoms with Gasteiger partial charge >= 0.3 is 0 Å². The number of methoxy groups -OCH3 is 2. The summed E-state index contributed by atoms with van der Waals surface area (Å²) in [6.07, 6.45) is 0.908. The van der Waals surface area contributed by atoms with E-state index in [0.29, 0.717) is 28.7 Å². The predicted octanol–water partition coefficient (Wildman–Crippen LogP) is 2.59. The van der Waals surface area contributed by atoms with E-state index < -0.39 is 0 Å². The van der Waals surface area contributed by atoms with E-state index in [4.69, 9.17) is 9.47 Å². The van der Waals surface area contributed by atoms with Crippen molar-refractivity contribution in [3.63, 3.8) is 0 Å². The van der Waals surface area contributed by atoms with E-state index in [0.717, 1.165) is 17.8 Å². The molecule has 0 aromatic carbocycles. The summed E-state index contributed by atoms with van der Waals surface area (Å²) in [5, 5.41) is 4.52. The van der Waals surface area contributed by atoms with Crippen molar-refractivity contribution in [3.05, 3.63) is 34.6 Å². The van der Waals surface area contributed by atoms with Crippen LogP contribution in [0.15, 0.2) is 12.1 Å². The largest absolute Gasteiger partial charge is 0.481 e. The highest BCUT2D eigenvalue weighted by atomic mass is 16.5. The number of nitrogens with zero attached hydrogens (tertiary/aromatic N) is 3. The van der Waals surface area contributed by atoms with E-state index in [1.54, 1.807) is 16.8 Å². The number of carbonyl (C=O) groups excluding carboxylic acids is 1. The number of aromatic nitrogens is 3. The Morgan fingerprint density at radius 2 is 2.04 bits per heavy atom. The maximum Gasteiger partial charge on any atom is 0.283 e. The maximum absolute atomic E-state index is 13.0. The number of aryl methyl sites for hydroxylation is 1. The average molecular weight is 327 g/mol. The summed E-state index contributed by atoms with van der Waals surface area (Å²) >= 11 is 0. The van der Waals surface area contributed by atoms with Gasteiger partial charge in [-0.3, -0.25) is 4.79 Å². The van der Waals surface area contributed by atoms with Crippen molar-refractivity contribution in [2.24, 2.45) is 11.3 Å². The second-order valence-corrected chi connectivity index (χ2v) is 7.18. The summed E-state index contributed by atoms with van der Waals surface area (Å²) in [5.74, 6) is 1.62. The molecule has 24 heavy (non-hydrogen) atoms. The maximum atomic E-state index is 13.0. The first kappa shape index (κ1) is 15.2. The minimum absolute atomic E-state index is 0.203. The first-order valence-corrected chi connectivity index (χ1v) is 8.12. The van der Waals surface area contributed by atoms with Crippen LogP contribution in [0.5, 0.6) is 11.8 Å². The highest BCUT2D eigenvalue weighted by Gasteiger charge is 2.64. The van der Waals surface area contributed by atoms with Crippen molar-refractivity contribution >= 4 is 5.91 Å². The smallest absolute Gasteiger partial charge is 0.283 e. The third-order valence-corrected chi connectivity index (χ3v) is 5.64. The lowest BCUT2D eigenvalue weighted by Crippen LogP contribution is -2.19.